The molecular weight excluding hydrogens is 236 g/mol. The number of anilines is 1. The molecule has 0 aromatic carbocycles. The van der Waals surface area contributed by atoms with Crippen molar-refractivity contribution in [1.82, 2.24) is 4.98 Å². The third-order valence-corrected chi connectivity index (χ3v) is 3.99. The van der Waals surface area contributed by atoms with Crippen LogP contribution in [0.4, 0.5) is 5.82 Å². The van der Waals surface area contributed by atoms with E-state index in [1.165, 1.54) is 6.26 Å². The lowest BCUT2D eigenvalue weighted by Crippen LogP contribution is -2.23. The summed E-state index contributed by atoms with van der Waals surface area (Å²) in [6, 6.07) is 3.20. The highest BCUT2D eigenvalue weighted by molar-refractivity contribution is 7.90. The van der Waals surface area contributed by atoms with Crippen LogP contribution in [0.15, 0.2) is 23.2 Å². The van der Waals surface area contributed by atoms with Crippen molar-refractivity contribution in [2.45, 2.75) is 32.1 Å². The summed E-state index contributed by atoms with van der Waals surface area (Å²) in [5.41, 5.74) is 0.117. The van der Waals surface area contributed by atoms with Gasteiger partial charge in [0.2, 0.25) is 0 Å². The third-order valence-electron chi connectivity index (χ3n) is 2.86. The van der Waals surface area contributed by atoms with Crippen LogP contribution in [0, 0.1) is 5.41 Å². The first-order chi connectivity index (χ1) is 7.76. The van der Waals surface area contributed by atoms with E-state index in [9.17, 15) is 8.42 Å². The van der Waals surface area contributed by atoms with Crippen molar-refractivity contribution in [2.24, 2.45) is 5.41 Å². The number of hydrogen-bond acceptors (Lipinski definition) is 4. The summed E-state index contributed by atoms with van der Waals surface area (Å²) in [6.07, 6.45) is 3.80. The number of pyridine rings is 1. The zero-order chi connectivity index (χ0) is 13.1. The Balaban J connectivity index is 2.93. The van der Waals surface area contributed by atoms with Crippen molar-refractivity contribution >= 4 is 15.7 Å². The Labute approximate surface area is 103 Å². The first-order valence-electron chi connectivity index (χ1n) is 5.65. The quantitative estimate of drug-likeness (QED) is 0.878. The standard InChI is InChI=1S/C12H20N2O2S/c1-5-12(2,3)9-14-11-10(17(4,15)16)7-6-8-13-11/h6-8H,5,9H2,1-4H3,(H,13,14). The molecule has 1 aromatic heterocycles. The Morgan fingerprint density at radius 1 is 1.41 bits per heavy atom. The Morgan fingerprint density at radius 2 is 2.06 bits per heavy atom. The molecule has 0 unspecified atom stereocenters. The second kappa shape index (κ2) is 5.04. The van der Waals surface area contributed by atoms with Crippen LogP contribution in [0.5, 0.6) is 0 Å². The minimum absolute atomic E-state index is 0.117. The van der Waals surface area contributed by atoms with E-state index >= 15 is 0 Å². The van der Waals surface area contributed by atoms with Gasteiger partial charge in [0.15, 0.2) is 9.84 Å². The number of rotatable bonds is 5. The predicted molar refractivity (Wildman–Crippen MR) is 69.9 cm³/mol. The lowest BCUT2D eigenvalue weighted by molar-refractivity contribution is 0.376. The molecule has 0 saturated carbocycles. The fourth-order valence-corrected chi connectivity index (χ4v) is 2.07. The van der Waals surface area contributed by atoms with E-state index in [1.807, 2.05) is 0 Å². The van der Waals surface area contributed by atoms with E-state index in [-0.39, 0.29) is 10.3 Å². The number of nitrogens with one attached hydrogen (secondary N) is 1. The van der Waals surface area contributed by atoms with Crippen LogP contribution in [0.3, 0.4) is 0 Å². The van der Waals surface area contributed by atoms with Crippen LogP contribution in [-0.4, -0.2) is 26.2 Å². The van der Waals surface area contributed by atoms with Gasteiger partial charge in [-0.15, -0.1) is 0 Å². The zero-order valence-corrected chi connectivity index (χ0v) is 11.6. The maximum atomic E-state index is 11.6. The maximum Gasteiger partial charge on any atom is 0.179 e. The molecule has 0 radical (unpaired) electrons. The van der Waals surface area contributed by atoms with Crippen molar-refractivity contribution in [2.75, 3.05) is 18.1 Å². The first kappa shape index (κ1) is 14.0. The van der Waals surface area contributed by atoms with E-state index in [1.54, 1.807) is 18.3 Å². The summed E-state index contributed by atoms with van der Waals surface area (Å²) in [5.74, 6) is 0.441. The van der Waals surface area contributed by atoms with E-state index in [0.29, 0.717) is 12.4 Å². The summed E-state index contributed by atoms with van der Waals surface area (Å²) in [4.78, 5) is 4.35. The minimum Gasteiger partial charge on any atom is -0.368 e. The molecule has 1 aromatic rings. The number of hydrogen-bond donors (Lipinski definition) is 1. The van der Waals surface area contributed by atoms with Gasteiger partial charge in [0.25, 0.3) is 0 Å². The van der Waals surface area contributed by atoms with Crippen molar-refractivity contribution in [1.29, 1.82) is 0 Å². The lowest BCUT2D eigenvalue weighted by atomic mass is 9.90. The molecule has 0 amide bonds. The zero-order valence-electron chi connectivity index (χ0n) is 10.8. The van der Waals surface area contributed by atoms with Crippen LogP contribution in [-0.2, 0) is 9.84 Å². The lowest BCUT2D eigenvalue weighted by Gasteiger charge is -2.23. The Morgan fingerprint density at radius 3 is 2.59 bits per heavy atom. The molecule has 1 rings (SSSR count). The molecule has 1 N–H and O–H groups in total. The fraction of sp³-hybridized carbons (Fsp3) is 0.583. The van der Waals surface area contributed by atoms with Crippen LogP contribution in [0.2, 0.25) is 0 Å². The van der Waals surface area contributed by atoms with Crippen molar-refractivity contribution in [3.63, 3.8) is 0 Å². The Hall–Kier alpha value is -1.10. The van der Waals surface area contributed by atoms with E-state index in [4.69, 9.17) is 0 Å². The van der Waals surface area contributed by atoms with Gasteiger partial charge in [0.05, 0.1) is 0 Å². The molecule has 0 saturated heterocycles. The Bertz CT molecular complexity index is 481. The highest BCUT2D eigenvalue weighted by Gasteiger charge is 2.18. The summed E-state index contributed by atoms with van der Waals surface area (Å²) < 4.78 is 23.1. The van der Waals surface area contributed by atoms with Gasteiger partial charge in [0.1, 0.15) is 10.7 Å². The van der Waals surface area contributed by atoms with Crippen molar-refractivity contribution < 1.29 is 8.42 Å². The predicted octanol–water partition coefficient (Wildman–Crippen LogP) is 2.33. The van der Waals surface area contributed by atoms with E-state index in [2.05, 4.69) is 31.1 Å². The van der Waals surface area contributed by atoms with Crippen molar-refractivity contribution in [3.05, 3.63) is 18.3 Å². The normalized spacial score (nSPS) is 12.5. The molecule has 0 aliphatic carbocycles. The summed E-state index contributed by atoms with van der Waals surface area (Å²) >= 11 is 0. The molecule has 0 spiro atoms. The second-order valence-corrected chi connectivity index (χ2v) is 6.98. The molecule has 17 heavy (non-hydrogen) atoms. The van der Waals surface area contributed by atoms with Gasteiger partial charge in [-0.25, -0.2) is 13.4 Å². The minimum atomic E-state index is -3.23. The average Bonchev–Trinajstić information content (AvgIpc) is 2.26. The molecule has 0 atom stereocenters. The third kappa shape index (κ3) is 4.00. The SMILES string of the molecule is CCC(C)(C)CNc1ncccc1S(C)(=O)=O. The highest BCUT2D eigenvalue weighted by Crippen LogP contribution is 2.23. The van der Waals surface area contributed by atoms with Gasteiger partial charge in [-0.2, -0.15) is 0 Å². The molecule has 5 heteroatoms. The molecule has 4 nitrogen and oxygen atoms in total. The molecule has 1 heterocycles. The van der Waals surface area contributed by atoms with Gasteiger partial charge in [-0.05, 0) is 24.0 Å². The molecule has 0 aliphatic rings. The van der Waals surface area contributed by atoms with E-state index in [0.717, 1.165) is 6.42 Å². The van der Waals surface area contributed by atoms with Gasteiger partial charge in [0, 0.05) is 19.0 Å². The van der Waals surface area contributed by atoms with Gasteiger partial charge in [-0.3, -0.25) is 0 Å². The van der Waals surface area contributed by atoms with Crippen LogP contribution in [0.1, 0.15) is 27.2 Å². The van der Waals surface area contributed by atoms with Crippen LogP contribution < -0.4 is 5.32 Å². The summed E-state index contributed by atoms with van der Waals surface area (Å²) in [6.45, 7) is 7.06. The van der Waals surface area contributed by atoms with Crippen LogP contribution >= 0.6 is 0 Å². The monoisotopic (exact) mass is 256 g/mol. The van der Waals surface area contributed by atoms with Gasteiger partial charge in [-0.1, -0.05) is 20.8 Å². The maximum absolute atomic E-state index is 11.6. The molecule has 96 valence electrons. The van der Waals surface area contributed by atoms with E-state index < -0.39 is 9.84 Å². The summed E-state index contributed by atoms with van der Waals surface area (Å²) in [7, 11) is -3.23. The molecule has 0 aliphatic heterocycles. The first-order valence-corrected chi connectivity index (χ1v) is 7.54. The summed E-state index contributed by atoms with van der Waals surface area (Å²) in [5, 5.41) is 3.12. The molecule has 0 fully saturated rings. The fourth-order valence-electron chi connectivity index (χ4n) is 1.27. The number of aromatic nitrogens is 1. The van der Waals surface area contributed by atoms with Gasteiger partial charge >= 0.3 is 0 Å². The number of sulfone groups is 1. The smallest absolute Gasteiger partial charge is 0.179 e. The van der Waals surface area contributed by atoms with Crippen molar-refractivity contribution in [3.8, 4) is 0 Å². The average molecular weight is 256 g/mol. The second-order valence-electron chi connectivity index (χ2n) is 4.99. The molecule has 0 bridgehead atoms. The number of nitrogens with zero attached hydrogens (tertiary/aromatic N) is 1. The topological polar surface area (TPSA) is 59.1 Å². The highest BCUT2D eigenvalue weighted by atomic mass is 32.2. The van der Waals surface area contributed by atoms with Crippen LogP contribution in [0.25, 0.3) is 0 Å². The molecular formula is C12H20N2O2S. The largest absolute Gasteiger partial charge is 0.368 e. The Kier molecular flexibility index (Phi) is 4.14. The van der Waals surface area contributed by atoms with Gasteiger partial charge < -0.3 is 5.32 Å².